The number of hydrogen-bond donors (Lipinski definition) is 0. The maximum absolute atomic E-state index is 13.1. The highest BCUT2D eigenvalue weighted by Crippen LogP contribution is 2.27. The third-order valence-corrected chi connectivity index (χ3v) is 4.81. The third kappa shape index (κ3) is 3.72. The average Bonchev–Trinajstić information content (AvgIpc) is 2.67. The minimum atomic E-state index is -0.465. The third-order valence-electron chi connectivity index (χ3n) is 4.16. The lowest BCUT2D eigenvalue weighted by Gasteiger charge is -2.36. The van der Waals surface area contributed by atoms with Crippen molar-refractivity contribution in [3.63, 3.8) is 0 Å². The van der Waals surface area contributed by atoms with Gasteiger partial charge < -0.3 is 4.74 Å². The molecule has 0 bridgehead atoms. The normalized spacial score (nSPS) is 16.3. The molecule has 0 radical (unpaired) electrons. The van der Waals surface area contributed by atoms with E-state index in [0.29, 0.717) is 28.6 Å². The van der Waals surface area contributed by atoms with Crippen molar-refractivity contribution in [3.05, 3.63) is 64.7 Å². The number of likely N-dealkylation sites (N-methyl/N-ethyl adjacent to an activating group) is 1. The summed E-state index contributed by atoms with van der Waals surface area (Å²) in [5.74, 6) is -0.182. The van der Waals surface area contributed by atoms with Crippen LogP contribution in [0.15, 0.2) is 54.1 Å². The molecule has 0 atom stereocenters. The van der Waals surface area contributed by atoms with Gasteiger partial charge in [0.2, 0.25) is 0 Å². The molecule has 0 aromatic heterocycles. The summed E-state index contributed by atoms with van der Waals surface area (Å²) in [4.78, 5) is 28.7. The van der Waals surface area contributed by atoms with Gasteiger partial charge in [0.05, 0.1) is 12.8 Å². The van der Waals surface area contributed by atoms with Crippen LogP contribution >= 0.6 is 23.8 Å². The number of rotatable bonds is 4. The minimum absolute atomic E-state index is 0.0468. The fourth-order valence-corrected chi connectivity index (χ4v) is 3.27. The van der Waals surface area contributed by atoms with Gasteiger partial charge in [0.1, 0.15) is 11.3 Å². The summed E-state index contributed by atoms with van der Waals surface area (Å²) in [5, 5.41) is 0.702. The summed E-state index contributed by atoms with van der Waals surface area (Å²) >= 11 is 11.3. The van der Waals surface area contributed by atoms with E-state index in [1.165, 1.54) is 9.80 Å². The van der Waals surface area contributed by atoms with Crippen LogP contribution in [0, 0.1) is 0 Å². The zero-order valence-electron chi connectivity index (χ0n) is 14.8. The number of thiocarbonyl (C=S) groups is 1. The van der Waals surface area contributed by atoms with E-state index in [1.807, 2.05) is 6.92 Å². The fraction of sp³-hybridized carbons (Fsp3) is 0.150. The molecule has 1 saturated heterocycles. The first-order valence-electron chi connectivity index (χ1n) is 8.28. The quantitative estimate of drug-likeness (QED) is 0.443. The molecular formula is C20H17ClN2O3S. The van der Waals surface area contributed by atoms with Crippen LogP contribution in [-0.2, 0) is 9.59 Å². The lowest BCUT2D eigenvalue weighted by Crippen LogP contribution is -2.56. The molecule has 2 aromatic carbocycles. The molecule has 0 aliphatic carbocycles. The summed E-state index contributed by atoms with van der Waals surface area (Å²) in [6.07, 6.45) is 1.57. The summed E-state index contributed by atoms with van der Waals surface area (Å²) in [6, 6.07) is 13.8. The molecule has 27 heavy (non-hydrogen) atoms. The van der Waals surface area contributed by atoms with Crippen LogP contribution < -0.4 is 9.64 Å². The second-order valence-corrected chi connectivity index (χ2v) is 6.58. The number of benzene rings is 2. The van der Waals surface area contributed by atoms with Crippen molar-refractivity contribution in [2.75, 3.05) is 18.6 Å². The topological polar surface area (TPSA) is 49.9 Å². The molecule has 138 valence electrons. The van der Waals surface area contributed by atoms with Crippen molar-refractivity contribution in [2.45, 2.75) is 6.92 Å². The van der Waals surface area contributed by atoms with E-state index in [9.17, 15) is 9.59 Å². The van der Waals surface area contributed by atoms with Gasteiger partial charge in [0.25, 0.3) is 11.8 Å². The van der Waals surface area contributed by atoms with E-state index in [4.69, 9.17) is 28.6 Å². The summed E-state index contributed by atoms with van der Waals surface area (Å²) in [5.41, 5.74) is 1.32. The van der Waals surface area contributed by atoms with Crippen LogP contribution in [0.4, 0.5) is 5.69 Å². The Hall–Kier alpha value is -2.70. The maximum atomic E-state index is 13.1. The van der Waals surface area contributed by atoms with Gasteiger partial charge in [-0.2, -0.15) is 0 Å². The molecule has 2 aromatic rings. The summed E-state index contributed by atoms with van der Waals surface area (Å²) in [6.45, 7) is 2.17. The highest BCUT2D eigenvalue weighted by molar-refractivity contribution is 7.80. The van der Waals surface area contributed by atoms with E-state index < -0.39 is 11.8 Å². The Kier molecular flexibility index (Phi) is 5.58. The second-order valence-electron chi connectivity index (χ2n) is 5.78. The molecule has 0 N–H and O–H groups in total. The van der Waals surface area contributed by atoms with Gasteiger partial charge in [-0.05, 0) is 67.2 Å². The summed E-state index contributed by atoms with van der Waals surface area (Å²) in [7, 11) is 1.58. The van der Waals surface area contributed by atoms with Crippen LogP contribution in [0.5, 0.6) is 5.75 Å². The van der Waals surface area contributed by atoms with Crippen LogP contribution in [0.3, 0.4) is 0 Å². The monoisotopic (exact) mass is 400 g/mol. The maximum Gasteiger partial charge on any atom is 0.270 e. The van der Waals surface area contributed by atoms with Crippen LogP contribution in [-0.4, -0.2) is 35.5 Å². The van der Waals surface area contributed by atoms with Crippen molar-refractivity contribution in [2.24, 2.45) is 0 Å². The second kappa shape index (κ2) is 7.90. The predicted octanol–water partition coefficient (Wildman–Crippen LogP) is 3.91. The van der Waals surface area contributed by atoms with Gasteiger partial charge in [-0.25, -0.2) is 0 Å². The SMILES string of the molecule is CCN1C(=O)C(=Cc2ccc(OC)cc2)C(=O)N(c2ccc(Cl)cc2)C1=S. The van der Waals surface area contributed by atoms with E-state index in [0.717, 1.165) is 0 Å². The lowest BCUT2D eigenvalue weighted by molar-refractivity contribution is -0.127. The van der Waals surface area contributed by atoms with E-state index in [1.54, 1.807) is 61.7 Å². The van der Waals surface area contributed by atoms with Gasteiger partial charge >= 0.3 is 0 Å². The Morgan fingerprint density at radius 2 is 1.67 bits per heavy atom. The number of carbonyl (C=O) groups is 2. The molecule has 5 nitrogen and oxygen atoms in total. The van der Waals surface area contributed by atoms with Crippen molar-refractivity contribution < 1.29 is 14.3 Å². The molecular weight excluding hydrogens is 384 g/mol. The van der Waals surface area contributed by atoms with Gasteiger partial charge in [-0.15, -0.1) is 0 Å². The van der Waals surface area contributed by atoms with Crippen LogP contribution in [0.1, 0.15) is 12.5 Å². The molecule has 3 rings (SSSR count). The first kappa shape index (κ1) is 19.1. The van der Waals surface area contributed by atoms with Crippen molar-refractivity contribution >= 4 is 52.5 Å². The van der Waals surface area contributed by atoms with E-state index in [-0.39, 0.29) is 10.7 Å². The molecule has 1 fully saturated rings. The number of methoxy groups -OCH3 is 1. The van der Waals surface area contributed by atoms with Gasteiger partial charge in [-0.1, -0.05) is 23.7 Å². The standard InChI is InChI=1S/C20H17ClN2O3S/c1-3-22-18(24)17(12-13-4-10-16(26-2)11-5-13)19(25)23(20(22)27)15-8-6-14(21)7-9-15/h4-12H,3H2,1-2H3. The minimum Gasteiger partial charge on any atom is -0.497 e. The molecule has 7 heteroatoms. The number of amides is 2. The van der Waals surface area contributed by atoms with Crippen LogP contribution in [0.2, 0.25) is 5.02 Å². The molecule has 0 saturated carbocycles. The molecule has 2 amide bonds. The smallest absolute Gasteiger partial charge is 0.270 e. The lowest BCUT2D eigenvalue weighted by atomic mass is 10.1. The molecule has 0 spiro atoms. The Morgan fingerprint density at radius 3 is 2.22 bits per heavy atom. The van der Waals surface area contributed by atoms with Gasteiger partial charge in [0.15, 0.2) is 5.11 Å². The molecule has 1 aliphatic rings. The Bertz CT molecular complexity index is 923. The van der Waals surface area contributed by atoms with Gasteiger partial charge in [-0.3, -0.25) is 19.4 Å². The number of carbonyl (C=O) groups excluding carboxylic acids is 2. The molecule has 0 unspecified atom stereocenters. The number of nitrogens with zero attached hydrogens (tertiary/aromatic N) is 2. The zero-order valence-corrected chi connectivity index (χ0v) is 16.4. The van der Waals surface area contributed by atoms with Crippen LogP contribution in [0.25, 0.3) is 6.08 Å². The van der Waals surface area contributed by atoms with E-state index >= 15 is 0 Å². The zero-order chi connectivity index (χ0) is 19.6. The van der Waals surface area contributed by atoms with Gasteiger partial charge in [0, 0.05) is 11.6 Å². The molecule has 1 heterocycles. The highest BCUT2D eigenvalue weighted by atomic mass is 35.5. The Morgan fingerprint density at radius 1 is 1.04 bits per heavy atom. The highest BCUT2D eigenvalue weighted by Gasteiger charge is 2.39. The van der Waals surface area contributed by atoms with Crippen molar-refractivity contribution in [3.8, 4) is 5.75 Å². The number of ether oxygens (including phenoxy) is 1. The average molecular weight is 401 g/mol. The number of hydrogen-bond acceptors (Lipinski definition) is 4. The molecule has 1 aliphatic heterocycles. The fourth-order valence-electron chi connectivity index (χ4n) is 2.74. The number of anilines is 1. The van der Waals surface area contributed by atoms with Crippen molar-refractivity contribution in [1.29, 1.82) is 0 Å². The number of halogens is 1. The largest absolute Gasteiger partial charge is 0.497 e. The first-order chi connectivity index (χ1) is 13.0. The Labute approximate surface area is 167 Å². The first-order valence-corrected chi connectivity index (χ1v) is 9.06. The van der Waals surface area contributed by atoms with E-state index in [2.05, 4.69) is 0 Å². The van der Waals surface area contributed by atoms with Crippen molar-refractivity contribution in [1.82, 2.24) is 4.90 Å². The predicted molar refractivity (Wildman–Crippen MR) is 110 cm³/mol. The summed E-state index contributed by atoms with van der Waals surface area (Å²) < 4.78 is 5.14. The Balaban J connectivity index is 2.05.